The Kier molecular flexibility index (Phi) is 4.24. The molecule has 0 aliphatic heterocycles. The second kappa shape index (κ2) is 6.10. The van der Waals surface area contributed by atoms with Crippen LogP contribution in [-0.4, -0.2) is 29.5 Å². The smallest absolute Gasteiger partial charge is 0.342 e. The molecule has 6 nitrogen and oxygen atoms in total. The van der Waals surface area contributed by atoms with Crippen molar-refractivity contribution in [2.45, 2.75) is 6.42 Å². The van der Waals surface area contributed by atoms with Crippen LogP contribution < -0.4 is 10.5 Å². The van der Waals surface area contributed by atoms with Gasteiger partial charge in [-0.2, -0.15) is 5.10 Å². The van der Waals surface area contributed by atoms with Gasteiger partial charge < -0.3 is 15.2 Å². The summed E-state index contributed by atoms with van der Waals surface area (Å²) in [5, 5.41) is 4.05. The van der Waals surface area contributed by atoms with Crippen LogP contribution in [0.5, 0.6) is 5.75 Å². The summed E-state index contributed by atoms with van der Waals surface area (Å²) in [5.41, 5.74) is 7.51. The lowest BCUT2D eigenvalue weighted by Gasteiger charge is -2.10. The zero-order valence-electron chi connectivity index (χ0n) is 11.5. The second-order valence-electron chi connectivity index (χ2n) is 4.34. The largest absolute Gasteiger partial charge is 0.494 e. The number of hydrogen-bond acceptors (Lipinski definition) is 5. The van der Waals surface area contributed by atoms with E-state index in [2.05, 4.69) is 5.10 Å². The van der Waals surface area contributed by atoms with E-state index in [1.807, 2.05) is 13.2 Å². The van der Waals surface area contributed by atoms with Crippen LogP contribution in [0.3, 0.4) is 0 Å². The summed E-state index contributed by atoms with van der Waals surface area (Å²) in [7, 11) is 3.31. The highest BCUT2D eigenvalue weighted by Crippen LogP contribution is 2.26. The fourth-order valence-corrected chi connectivity index (χ4v) is 1.88. The first kappa shape index (κ1) is 13.9. The van der Waals surface area contributed by atoms with E-state index >= 15 is 0 Å². The van der Waals surface area contributed by atoms with Crippen LogP contribution >= 0.6 is 0 Å². The van der Waals surface area contributed by atoms with E-state index in [9.17, 15) is 4.79 Å². The van der Waals surface area contributed by atoms with Crippen molar-refractivity contribution < 1.29 is 14.3 Å². The number of methoxy groups -OCH3 is 1. The van der Waals surface area contributed by atoms with Gasteiger partial charge in [0.1, 0.15) is 5.56 Å². The number of anilines is 1. The molecular formula is C14H17N3O3. The number of rotatable bonds is 5. The van der Waals surface area contributed by atoms with Crippen LogP contribution in [0, 0.1) is 0 Å². The number of ether oxygens (including phenoxy) is 2. The first-order chi connectivity index (χ1) is 9.61. The molecule has 0 spiro atoms. The molecule has 6 heteroatoms. The predicted molar refractivity (Wildman–Crippen MR) is 74.6 cm³/mol. The first-order valence-electron chi connectivity index (χ1n) is 6.19. The zero-order chi connectivity index (χ0) is 14.5. The molecular weight excluding hydrogens is 258 g/mol. The summed E-state index contributed by atoms with van der Waals surface area (Å²) >= 11 is 0. The standard InChI is InChI=1S/C14H17N3O3/c1-17-9-10(8-16-17)6-7-20-14(18)11-4-3-5-12(15)13(11)19-2/h3-5,8-9H,6-7,15H2,1-2H3. The average Bonchev–Trinajstić information content (AvgIpc) is 2.84. The number of carbonyl (C=O) groups excluding carboxylic acids is 1. The molecule has 0 saturated heterocycles. The maximum atomic E-state index is 12.0. The van der Waals surface area contributed by atoms with E-state index < -0.39 is 5.97 Å². The molecule has 0 radical (unpaired) electrons. The van der Waals surface area contributed by atoms with E-state index in [0.717, 1.165) is 5.56 Å². The molecule has 0 bridgehead atoms. The average molecular weight is 275 g/mol. The molecule has 0 fully saturated rings. The van der Waals surface area contributed by atoms with Gasteiger partial charge in [0, 0.05) is 19.7 Å². The van der Waals surface area contributed by atoms with Crippen LogP contribution in [0.1, 0.15) is 15.9 Å². The monoisotopic (exact) mass is 275 g/mol. The van der Waals surface area contributed by atoms with Gasteiger partial charge in [0.25, 0.3) is 0 Å². The Morgan fingerprint density at radius 3 is 2.90 bits per heavy atom. The van der Waals surface area contributed by atoms with Crippen molar-refractivity contribution in [2.24, 2.45) is 7.05 Å². The molecule has 2 N–H and O–H groups in total. The summed E-state index contributed by atoms with van der Waals surface area (Å²) in [6, 6.07) is 4.99. The Morgan fingerprint density at radius 2 is 2.25 bits per heavy atom. The number of aromatic nitrogens is 2. The molecule has 0 unspecified atom stereocenters. The van der Waals surface area contributed by atoms with Gasteiger partial charge in [-0.15, -0.1) is 0 Å². The Labute approximate surface area is 117 Å². The summed E-state index contributed by atoms with van der Waals surface area (Å²) in [4.78, 5) is 12.0. The predicted octanol–water partition coefficient (Wildman–Crippen LogP) is 1.41. The lowest BCUT2D eigenvalue weighted by atomic mass is 10.1. The number of carbonyl (C=O) groups is 1. The first-order valence-corrected chi connectivity index (χ1v) is 6.19. The minimum Gasteiger partial charge on any atom is -0.494 e. The number of esters is 1. The number of benzene rings is 1. The number of nitrogens with two attached hydrogens (primary N) is 1. The van der Waals surface area contributed by atoms with Crippen LogP contribution in [0.15, 0.2) is 30.6 Å². The van der Waals surface area contributed by atoms with E-state index in [-0.39, 0.29) is 6.61 Å². The van der Waals surface area contributed by atoms with Gasteiger partial charge in [-0.1, -0.05) is 6.07 Å². The van der Waals surface area contributed by atoms with Gasteiger partial charge >= 0.3 is 5.97 Å². The van der Waals surface area contributed by atoms with E-state index in [4.69, 9.17) is 15.2 Å². The van der Waals surface area contributed by atoms with Gasteiger partial charge in [0.15, 0.2) is 5.75 Å². The third kappa shape index (κ3) is 3.09. The molecule has 0 aliphatic carbocycles. The minimum atomic E-state index is -0.446. The highest BCUT2D eigenvalue weighted by Gasteiger charge is 2.15. The second-order valence-corrected chi connectivity index (χ2v) is 4.34. The Hall–Kier alpha value is -2.50. The zero-order valence-corrected chi connectivity index (χ0v) is 11.5. The Bertz CT molecular complexity index is 607. The molecule has 0 atom stereocenters. The third-order valence-corrected chi connectivity index (χ3v) is 2.85. The highest BCUT2D eigenvalue weighted by atomic mass is 16.5. The number of aryl methyl sites for hydroxylation is 1. The number of nitrogens with zero attached hydrogens (tertiary/aromatic N) is 2. The number of hydrogen-bond donors (Lipinski definition) is 1. The summed E-state index contributed by atoms with van der Waals surface area (Å²) in [6.07, 6.45) is 4.24. The molecule has 1 heterocycles. The minimum absolute atomic E-state index is 0.280. The maximum Gasteiger partial charge on any atom is 0.342 e. The molecule has 1 aromatic heterocycles. The van der Waals surface area contributed by atoms with Crippen LogP contribution in [-0.2, 0) is 18.2 Å². The topological polar surface area (TPSA) is 79.4 Å². The third-order valence-electron chi connectivity index (χ3n) is 2.85. The van der Waals surface area contributed by atoms with Gasteiger partial charge in [-0.05, 0) is 17.7 Å². The van der Waals surface area contributed by atoms with Crippen molar-refractivity contribution in [2.75, 3.05) is 19.5 Å². The van der Waals surface area contributed by atoms with Crippen LogP contribution in [0.4, 0.5) is 5.69 Å². The van der Waals surface area contributed by atoms with Crippen molar-refractivity contribution in [3.8, 4) is 5.75 Å². The molecule has 106 valence electrons. The van der Waals surface area contributed by atoms with Crippen molar-refractivity contribution in [3.63, 3.8) is 0 Å². The number of para-hydroxylation sites is 1. The number of nitrogen functional groups attached to an aromatic ring is 1. The quantitative estimate of drug-likeness (QED) is 0.659. The Balaban J connectivity index is 1.97. The Morgan fingerprint density at radius 1 is 1.45 bits per heavy atom. The van der Waals surface area contributed by atoms with E-state index in [1.54, 1.807) is 29.1 Å². The summed E-state index contributed by atoms with van der Waals surface area (Å²) in [5.74, 6) is -0.100. The molecule has 2 aromatic rings. The lowest BCUT2D eigenvalue weighted by molar-refractivity contribution is 0.0506. The van der Waals surface area contributed by atoms with Crippen molar-refractivity contribution >= 4 is 11.7 Å². The normalized spacial score (nSPS) is 10.3. The van der Waals surface area contributed by atoms with Gasteiger partial charge in [-0.3, -0.25) is 4.68 Å². The van der Waals surface area contributed by atoms with Crippen LogP contribution in [0.25, 0.3) is 0 Å². The van der Waals surface area contributed by atoms with Crippen LogP contribution in [0.2, 0.25) is 0 Å². The van der Waals surface area contributed by atoms with Gasteiger partial charge in [-0.25, -0.2) is 4.79 Å². The summed E-state index contributed by atoms with van der Waals surface area (Å²) < 4.78 is 12.1. The SMILES string of the molecule is COc1c(N)cccc1C(=O)OCCc1cnn(C)c1. The highest BCUT2D eigenvalue weighted by molar-refractivity contribution is 5.94. The molecule has 0 aliphatic rings. The fraction of sp³-hybridized carbons (Fsp3) is 0.286. The van der Waals surface area contributed by atoms with Crippen molar-refractivity contribution in [3.05, 3.63) is 41.7 Å². The maximum absolute atomic E-state index is 12.0. The van der Waals surface area contributed by atoms with E-state index in [1.165, 1.54) is 7.11 Å². The molecule has 2 rings (SSSR count). The molecule has 0 saturated carbocycles. The van der Waals surface area contributed by atoms with Gasteiger partial charge in [0.2, 0.25) is 0 Å². The molecule has 20 heavy (non-hydrogen) atoms. The van der Waals surface area contributed by atoms with E-state index in [0.29, 0.717) is 23.4 Å². The van der Waals surface area contributed by atoms with Crippen molar-refractivity contribution in [1.82, 2.24) is 9.78 Å². The lowest BCUT2D eigenvalue weighted by Crippen LogP contribution is -2.10. The molecule has 1 aromatic carbocycles. The fourth-order valence-electron chi connectivity index (χ4n) is 1.88. The summed E-state index contributed by atoms with van der Waals surface area (Å²) in [6.45, 7) is 0.280. The van der Waals surface area contributed by atoms with Gasteiger partial charge in [0.05, 0.1) is 25.6 Å². The van der Waals surface area contributed by atoms with Crippen molar-refractivity contribution in [1.29, 1.82) is 0 Å². The molecule has 0 amide bonds.